The van der Waals surface area contributed by atoms with E-state index in [1.807, 2.05) is 37.3 Å². The third-order valence-corrected chi connectivity index (χ3v) is 7.43. The molecule has 45 heavy (non-hydrogen) atoms. The van der Waals surface area contributed by atoms with Gasteiger partial charge < -0.3 is 25.0 Å². The van der Waals surface area contributed by atoms with Crippen LogP contribution >= 0.6 is 12.6 Å². The molecule has 242 valence electrons. The molecule has 0 aliphatic heterocycles. The Morgan fingerprint density at radius 1 is 0.933 bits per heavy atom. The van der Waals surface area contributed by atoms with Crippen molar-refractivity contribution in [2.24, 2.45) is 5.92 Å². The molecular formula is C35H45N3O6S. The number of rotatable bonds is 11. The first-order valence-corrected chi connectivity index (χ1v) is 15.7. The van der Waals surface area contributed by atoms with Gasteiger partial charge in [0, 0.05) is 23.8 Å². The number of ether oxygens (including phenoxy) is 2. The molecule has 0 saturated heterocycles. The van der Waals surface area contributed by atoms with Crippen molar-refractivity contribution in [3.8, 4) is 12.3 Å². The number of nitrogens with zero attached hydrogens (tertiary/aromatic N) is 1. The Morgan fingerprint density at radius 3 is 2.00 bits per heavy atom. The third kappa shape index (κ3) is 10.6. The lowest BCUT2D eigenvalue weighted by Crippen LogP contribution is -2.56. The monoisotopic (exact) mass is 635 g/mol. The summed E-state index contributed by atoms with van der Waals surface area (Å²) in [5, 5.41) is 5.52. The van der Waals surface area contributed by atoms with Gasteiger partial charge in [-0.1, -0.05) is 55.3 Å². The number of hydrogen-bond donors (Lipinski definition) is 3. The van der Waals surface area contributed by atoms with Crippen LogP contribution in [0.2, 0.25) is 0 Å². The van der Waals surface area contributed by atoms with Crippen LogP contribution in [0.3, 0.4) is 0 Å². The lowest BCUT2D eigenvalue weighted by molar-refractivity contribution is -0.159. The van der Waals surface area contributed by atoms with Crippen molar-refractivity contribution in [3.05, 3.63) is 71.3 Å². The van der Waals surface area contributed by atoms with Crippen molar-refractivity contribution in [2.45, 2.75) is 96.7 Å². The minimum Gasteiger partial charge on any atom is -0.458 e. The van der Waals surface area contributed by atoms with Crippen LogP contribution in [0, 0.1) is 18.3 Å². The molecule has 3 rings (SSSR count). The number of carbonyl (C=O) groups excluding carboxylic acids is 4. The van der Waals surface area contributed by atoms with E-state index >= 15 is 0 Å². The maximum atomic E-state index is 14.4. The van der Waals surface area contributed by atoms with E-state index in [1.54, 1.807) is 65.8 Å². The Morgan fingerprint density at radius 2 is 1.51 bits per heavy atom. The van der Waals surface area contributed by atoms with Crippen LogP contribution in [-0.4, -0.2) is 63.9 Å². The van der Waals surface area contributed by atoms with Gasteiger partial charge in [-0.3, -0.25) is 9.59 Å². The van der Waals surface area contributed by atoms with Crippen LogP contribution in [0.4, 0.5) is 4.79 Å². The Hall–Kier alpha value is -3.97. The van der Waals surface area contributed by atoms with E-state index in [1.165, 1.54) is 4.90 Å². The van der Waals surface area contributed by atoms with Gasteiger partial charge in [0.25, 0.3) is 0 Å². The standard InChI is InChI=1S/C35H45N3O6S/c1-9-23-15-17-25(18-16-23)29(30(39)36-26(32(41)43-34(3,4)5)20-24-13-11-10-12-14-24)38(28-19-22(28)2)31(40)27(21-45)37-33(42)44-35(6,7)8/h1,10-18,22,26-29,45H,19-21H2,2-8H3,(H,36,39)(H,37,42). The van der Waals surface area contributed by atoms with Crippen LogP contribution < -0.4 is 10.6 Å². The summed E-state index contributed by atoms with van der Waals surface area (Å²) in [7, 11) is 0. The maximum absolute atomic E-state index is 14.4. The molecule has 5 atom stereocenters. The number of terminal acetylenes is 1. The van der Waals surface area contributed by atoms with Gasteiger partial charge in [-0.2, -0.15) is 12.6 Å². The highest BCUT2D eigenvalue weighted by Gasteiger charge is 2.48. The molecule has 1 aliphatic carbocycles. The summed E-state index contributed by atoms with van der Waals surface area (Å²) < 4.78 is 11.1. The lowest BCUT2D eigenvalue weighted by atomic mass is 9.99. The molecule has 3 amide bonds. The predicted molar refractivity (Wildman–Crippen MR) is 176 cm³/mol. The predicted octanol–water partition coefficient (Wildman–Crippen LogP) is 4.84. The van der Waals surface area contributed by atoms with Crippen molar-refractivity contribution < 1.29 is 28.7 Å². The maximum Gasteiger partial charge on any atom is 0.408 e. The summed E-state index contributed by atoms with van der Waals surface area (Å²) >= 11 is 4.36. The number of thiol groups is 1. The molecule has 2 aromatic rings. The first-order valence-electron chi connectivity index (χ1n) is 15.1. The highest BCUT2D eigenvalue weighted by Crippen LogP contribution is 2.41. The van der Waals surface area contributed by atoms with Crippen LogP contribution in [0.1, 0.15) is 77.6 Å². The minimum absolute atomic E-state index is 0.0331. The van der Waals surface area contributed by atoms with Crippen molar-refractivity contribution in [1.82, 2.24) is 15.5 Å². The summed E-state index contributed by atoms with van der Waals surface area (Å²) in [5.41, 5.74) is 0.349. The van der Waals surface area contributed by atoms with Crippen molar-refractivity contribution in [1.29, 1.82) is 0 Å². The lowest BCUT2D eigenvalue weighted by Gasteiger charge is -2.35. The number of carbonyl (C=O) groups is 4. The molecule has 0 spiro atoms. The van der Waals surface area contributed by atoms with E-state index in [0.29, 0.717) is 17.5 Å². The Labute approximate surface area is 272 Å². The molecule has 9 nitrogen and oxygen atoms in total. The van der Waals surface area contributed by atoms with Gasteiger partial charge in [-0.15, -0.1) is 6.42 Å². The average Bonchev–Trinajstić information content (AvgIpc) is 3.68. The molecule has 0 bridgehead atoms. The van der Waals surface area contributed by atoms with E-state index in [0.717, 1.165) is 5.56 Å². The van der Waals surface area contributed by atoms with Crippen molar-refractivity contribution >= 4 is 36.5 Å². The molecule has 1 fully saturated rings. The zero-order valence-corrected chi connectivity index (χ0v) is 28.0. The van der Waals surface area contributed by atoms with Gasteiger partial charge in [0.1, 0.15) is 29.3 Å². The molecule has 0 radical (unpaired) electrons. The fraction of sp³-hybridized carbons (Fsp3) is 0.486. The molecule has 1 saturated carbocycles. The van der Waals surface area contributed by atoms with Gasteiger partial charge in [0.15, 0.2) is 0 Å². The average molecular weight is 636 g/mol. The smallest absolute Gasteiger partial charge is 0.408 e. The van der Waals surface area contributed by atoms with Gasteiger partial charge in [-0.05, 0) is 77.1 Å². The minimum atomic E-state index is -1.15. The third-order valence-electron chi connectivity index (χ3n) is 7.06. The zero-order chi connectivity index (χ0) is 33.5. The Balaban J connectivity index is 2.04. The number of hydrogen-bond acceptors (Lipinski definition) is 7. The number of benzene rings is 2. The van der Waals surface area contributed by atoms with E-state index in [4.69, 9.17) is 15.9 Å². The molecule has 2 aromatic carbocycles. The Bertz CT molecular complexity index is 1390. The number of esters is 1. The topological polar surface area (TPSA) is 114 Å². The molecular weight excluding hydrogens is 590 g/mol. The summed E-state index contributed by atoms with van der Waals surface area (Å²) in [6, 6.07) is 12.5. The van der Waals surface area contributed by atoms with Gasteiger partial charge in [-0.25, -0.2) is 9.59 Å². The fourth-order valence-electron chi connectivity index (χ4n) is 4.85. The van der Waals surface area contributed by atoms with Crippen LogP contribution in [-0.2, 0) is 30.3 Å². The Kier molecular flexibility index (Phi) is 11.7. The van der Waals surface area contributed by atoms with E-state index in [9.17, 15) is 19.2 Å². The number of nitrogens with one attached hydrogen (secondary N) is 2. The summed E-state index contributed by atoms with van der Waals surface area (Å²) in [6.45, 7) is 12.4. The second-order valence-electron chi connectivity index (χ2n) is 13.4. The van der Waals surface area contributed by atoms with Gasteiger partial charge in [0.05, 0.1) is 0 Å². The second kappa shape index (κ2) is 14.9. The van der Waals surface area contributed by atoms with E-state index in [2.05, 4.69) is 29.2 Å². The first-order chi connectivity index (χ1) is 21.0. The summed E-state index contributed by atoms with van der Waals surface area (Å²) in [6.07, 6.45) is 5.65. The molecule has 5 unspecified atom stereocenters. The second-order valence-corrected chi connectivity index (χ2v) is 13.7. The SMILES string of the molecule is C#Cc1ccc(C(C(=O)NC(Cc2ccccc2)C(=O)OC(C)(C)C)N(C(=O)C(CS)NC(=O)OC(C)(C)C)C2CC2C)cc1. The normalized spacial score (nSPS) is 17.9. The van der Waals surface area contributed by atoms with Crippen molar-refractivity contribution in [2.75, 3.05) is 5.75 Å². The molecule has 0 aromatic heterocycles. The van der Waals surface area contributed by atoms with Gasteiger partial charge in [0.2, 0.25) is 11.8 Å². The molecule has 1 aliphatic rings. The zero-order valence-electron chi connectivity index (χ0n) is 27.1. The first kappa shape index (κ1) is 35.5. The van der Waals surface area contributed by atoms with Crippen LogP contribution in [0.15, 0.2) is 54.6 Å². The highest BCUT2D eigenvalue weighted by molar-refractivity contribution is 7.80. The quantitative estimate of drug-likeness (QED) is 0.185. The van der Waals surface area contributed by atoms with Gasteiger partial charge >= 0.3 is 12.1 Å². The highest BCUT2D eigenvalue weighted by atomic mass is 32.1. The molecule has 0 heterocycles. The fourth-order valence-corrected chi connectivity index (χ4v) is 5.10. The van der Waals surface area contributed by atoms with E-state index < -0.39 is 53.2 Å². The number of amides is 3. The molecule has 10 heteroatoms. The van der Waals surface area contributed by atoms with Crippen molar-refractivity contribution in [3.63, 3.8) is 0 Å². The summed E-state index contributed by atoms with van der Waals surface area (Å²) in [4.78, 5) is 56.2. The largest absolute Gasteiger partial charge is 0.458 e. The molecule has 2 N–H and O–H groups in total. The van der Waals surface area contributed by atoms with Crippen LogP contribution in [0.25, 0.3) is 0 Å². The number of alkyl carbamates (subject to hydrolysis) is 1. The van der Waals surface area contributed by atoms with Crippen LogP contribution in [0.5, 0.6) is 0 Å². The van der Waals surface area contributed by atoms with E-state index in [-0.39, 0.29) is 24.1 Å². The summed E-state index contributed by atoms with van der Waals surface area (Å²) in [5.74, 6) is 0.966.